The molecular weight excluding hydrogens is 374 g/mol. The van der Waals surface area contributed by atoms with Gasteiger partial charge in [-0.15, -0.1) is 11.3 Å². The number of aryl methyl sites for hydroxylation is 1. The van der Waals surface area contributed by atoms with E-state index in [1.807, 2.05) is 4.90 Å². The molecule has 0 radical (unpaired) electrons. The molecule has 2 aromatic rings. The van der Waals surface area contributed by atoms with Gasteiger partial charge in [-0.3, -0.25) is 9.69 Å². The van der Waals surface area contributed by atoms with Crippen molar-refractivity contribution >= 4 is 17.2 Å². The van der Waals surface area contributed by atoms with Crippen molar-refractivity contribution in [3.05, 3.63) is 34.2 Å². The SMILES string of the molecule is COc1cnc(C(=O)N2CCCC3(CCCN(Cc4csc(C)n4)C3)C2)cn1. The largest absolute Gasteiger partial charge is 0.480 e. The molecule has 1 atom stereocenters. The van der Waals surface area contributed by atoms with E-state index in [9.17, 15) is 4.79 Å². The second kappa shape index (κ2) is 8.13. The van der Waals surface area contributed by atoms with Crippen molar-refractivity contribution < 1.29 is 9.53 Å². The Morgan fingerprint density at radius 1 is 1.21 bits per heavy atom. The molecular formula is C20H27N5O2S. The molecule has 4 rings (SSSR count). The number of methoxy groups -OCH3 is 1. The van der Waals surface area contributed by atoms with Crippen molar-refractivity contribution in [3.8, 4) is 5.88 Å². The van der Waals surface area contributed by atoms with Crippen molar-refractivity contribution in [1.82, 2.24) is 24.8 Å². The molecule has 28 heavy (non-hydrogen) atoms. The Bertz CT molecular complexity index is 820. The Labute approximate surface area is 169 Å². The van der Waals surface area contributed by atoms with Crippen LogP contribution in [0, 0.1) is 12.3 Å². The Balaban J connectivity index is 1.43. The Morgan fingerprint density at radius 2 is 2.04 bits per heavy atom. The average Bonchev–Trinajstić information content (AvgIpc) is 3.12. The summed E-state index contributed by atoms with van der Waals surface area (Å²) in [7, 11) is 1.54. The number of hydrogen-bond acceptors (Lipinski definition) is 7. The van der Waals surface area contributed by atoms with Gasteiger partial charge in [0.1, 0.15) is 5.69 Å². The predicted octanol–water partition coefficient (Wildman–Crippen LogP) is 2.77. The van der Waals surface area contributed by atoms with Gasteiger partial charge in [-0.25, -0.2) is 15.0 Å². The van der Waals surface area contributed by atoms with Gasteiger partial charge in [0, 0.05) is 37.0 Å². The van der Waals surface area contributed by atoms with Crippen molar-refractivity contribution in [2.75, 3.05) is 33.3 Å². The van der Waals surface area contributed by atoms with Crippen molar-refractivity contribution in [2.24, 2.45) is 5.41 Å². The molecule has 1 amide bonds. The van der Waals surface area contributed by atoms with Gasteiger partial charge >= 0.3 is 0 Å². The number of likely N-dealkylation sites (tertiary alicyclic amines) is 2. The molecule has 0 bridgehead atoms. The van der Waals surface area contributed by atoms with Gasteiger partial charge in [0.2, 0.25) is 5.88 Å². The normalized spacial score (nSPS) is 23.1. The third kappa shape index (κ3) is 4.17. The van der Waals surface area contributed by atoms with Crippen LogP contribution in [0.4, 0.5) is 0 Å². The number of piperidine rings is 2. The van der Waals surface area contributed by atoms with Gasteiger partial charge < -0.3 is 9.64 Å². The molecule has 1 unspecified atom stereocenters. The first-order valence-electron chi connectivity index (χ1n) is 9.86. The molecule has 7 nitrogen and oxygen atoms in total. The predicted molar refractivity (Wildman–Crippen MR) is 108 cm³/mol. The Morgan fingerprint density at radius 3 is 2.71 bits per heavy atom. The first kappa shape index (κ1) is 19.3. The van der Waals surface area contributed by atoms with E-state index >= 15 is 0 Å². The Hall–Kier alpha value is -2.06. The van der Waals surface area contributed by atoms with Crippen LogP contribution >= 0.6 is 11.3 Å². The molecule has 2 aliphatic rings. The van der Waals surface area contributed by atoms with Crippen molar-refractivity contribution in [1.29, 1.82) is 0 Å². The number of thiazole rings is 1. The third-order valence-electron chi connectivity index (χ3n) is 5.80. The molecule has 2 fully saturated rings. The van der Waals surface area contributed by atoms with Crippen LogP contribution in [0.2, 0.25) is 0 Å². The second-order valence-electron chi connectivity index (χ2n) is 7.95. The van der Waals surface area contributed by atoms with Crippen LogP contribution in [-0.2, 0) is 6.54 Å². The highest BCUT2D eigenvalue weighted by Gasteiger charge is 2.40. The van der Waals surface area contributed by atoms with E-state index < -0.39 is 0 Å². The number of ether oxygens (including phenoxy) is 1. The lowest BCUT2D eigenvalue weighted by Crippen LogP contribution is -2.53. The molecule has 0 aromatic carbocycles. The van der Waals surface area contributed by atoms with E-state index in [4.69, 9.17) is 4.74 Å². The van der Waals surface area contributed by atoms with Gasteiger partial charge in [-0.1, -0.05) is 0 Å². The van der Waals surface area contributed by atoms with Crippen LogP contribution in [0.1, 0.15) is 46.9 Å². The monoisotopic (exact) mass is 401 g/mol. The van der Waals surface area contributed by atoms with Gasteiger partial charge in [0.15, 0.2) is 0 Å². The minimum absolute atomic E-state index is 0.0264. The highest BCUT2D eigenvalue weighted by atomic mass is 32.1. The van der Waals surface area contributed by atoms with E-state index in [1.54, 1.807) is 18.4 Å². The van der Waals surface area contributed by atoms with Crippen molar-refractivity contribution in [3.63, 3.8) is 0 Å². The molecule has 0 aliphatic carbocycles. The molecule has 2 aromatic heterocycles. The van der Waals surface area contributed by atoms with E-state index in [2.05, 4.69) is 32.2 Å². The lowest BCUT2D eigenvalue weighted by molar-refractivity contribution is 0.0108. The highest BCUT2D eigenvalue weighted by molar-refractivity contribution is 7.09. The van der Waals surface area contributed by atoms with Gasteiger partial charge in [-0.05, 0) is 39.2 Å². The van der Waals surface area contributed by atoms with E-state index in [-0.39, 0.29) is 11.3 Å². The van der Waals surface area contributed by atoms with E-state index in [0.29, 0.717) is 11.6 Å². The van der Waals surface area contributed by atoms with Crippen LogP contribution in [0.5, 0.6) is 5.88 Å². The van der Waals surface area contributed by atoms with E-state index in [1.165, 1.54) is 31.7 Å². The van der Waals surface area contributed by atoms with Crippen LogP contribution in [-0.4, -0.2) is 63.9 Å². The molecule has 150 valence electrons. The summed E-state index contributed by atoms with van der Waals surface area (Å²) in [6, 6.07) is 0. The first-order valence-corrected chi connectivity index (χ1v) is 10.7. The molecule has 8 heteroatoms. The molecule has 4 heterocycles. The number of nitrogens with zero attached hydrogens (tertiary/aromatic N) is 5. The maximum Gasteiger partial charge on any atom is 0.274 e. The fourth-order valence-electron chi connectivity index (χ4n) is 4.56. The summed E-state index contributed by atoms with van der Waals surface area (Å²) >= 11 is 1.71. The molecule has 2 aliphatic heterocycles. The highest BCUT2D eigenvalue weighted by Crippen LogP contribution is 2.39. The van der Waals surface area contributed by atoms with Gasteiger partial charge in [0.25, 0.3) is 5.91 Å². The first-order chi connectivity index (χ1) is 13.6. The zero-order valence-electron chi connectivity index (χ0n) is 16.6. The van der Waals surface area contributed by atoms with Gasteiger partial charge in [-0.2, -0.15) is 0 Å². The van der Waals surface area contributed by atoms with E-state index in [0.717, 1.165) is 49.8 Å². The quantitative estimate of drug-likeness (QED) is 0.785. The second-order valence-corrected chi connectivity index (χ2v) is 9.01. The summed E-state index contributed by atoms with van der Waals surface area (Å²) in [6.45, 7) is 6.69. The van der Waals surface area contributed by atoms with Crippen LogP contribution in [0.3, 0.4) is 0 Å². The average molecular weight is 402 g/mol. The lowest BCUT2D eigenvalue weighted by Gasteiger charge is -2.48. The minimum Gasteiger partial charge on any atom is -0.480 e. The topological polar surface area (TPSA) is 71.5 Å². The van der Waals surface area contributed by atoms with Crippen molar-refractivity contribution in [2.45, 2.75) is 39.2 Å². The third-order valence-corrected chi connectivity index (χ3v) is 6.62. The molecule has 0 N–H and O–H groups in total. The molecule has 0 saturated carbocycles. The number of carbonyl (C=O) groups excluding carboxylic acids is 1. The zero-order chi connectivity index (χ0) is 19.6. The minimum atomic E-state index is -0.0264. The smallest absolute Gasteiger partial charge is 0.274 e. The summed E-state index contributed by atoms with van der Waals surface area (Å²) in [6.07, 6.45) is 7.59. The molecule has 2 saturated heterocycles. The maximum atomic E-state index is 13.0. The fourth-order valence-corrected chi connectivity index (χ4v) is 5.17. The summed E-state index contributed by atoms with van der Waals surface area (Å²) in [5, 5.41) is 3.28. The summed E-state index contributed by atoms with van der Waals surface area (Å²) in [4.78, 5) is 30.4. The number of hydrogen-bond donors (Lipinski definition) is 0. The lowest BCUT2D eigenvalue weighted by atomic mass is 9.73. The molecule has 1 spiro atoms. The van der Waals surface area contributed by atoms with Gasteiger partial charge in [0.05, 0.1) is 30.2 Å². The standard InChI is InChI=1S/C20H27N5O2S/c1-15-23-16(12-28-15)11-24-7-3-5-20(13-24)6-4-8-25(14-20)19(26)17-9-22-18(27-2)10-21-17/h9-10,12H,3-8,11,13-14H2,1-2H3. The maximum absolute atomic E-state index is 13.0. The summed E-state index contributed by atoms with van der Waals surface area (Å²) in [5.41, 5.74) is 1.73. The van der Waals surface area contributed by atoms with Crippen LogP contribution in [0.25, 0.3) is 0 Å². The number of aromatic nitrogens is 3. The zero-order valence-corrected chi connectivity index (χ0v) is 17.4. The summed E-state index contributed by atoms with van der Waals surface area (Å²) in [5.74, 6) is 0.397. The number of rotatable bonds is 4. The fraction of sp³-hybridized carbons (Fsp3) is 0.600. The number of carbonyl (C=O) groups is 1. The van der Waals surface area contributed by atoms with Crippen LogP contribution in [0.15, 0.2) is 17.8 Å². The Kier molecular flexibility index (Phi) is 5.59. The van der Waals surface area contributed by atoms with Crippen LogP contribution < -0.4 is 4.74 Å². The summed E-state index contributed by atoms with van der Waals surface area (Å²) < 4.78 is 5.04. The number of amides is 1.